The van der Waals surface area contributed by atoms with Crippen LogP contribution in [0.25, 0.3) is 0 Å². The molecular formula is C24H32N4O3. The number of amides is 2. The summed E-state index contributed by atoms with van der Waals surface area (Å²) in [5, 5.41) is 2.98. The SMILES string of the molecule is CCCC(C)C(=O)N1CCN(c2ncccc2C(=O)NCc2ccc(OC)cc2)CC1. The zero-order chi connectivity index (χ0) is 22.2. The number of methoxy groups -OCH3 is 1. The molecule has 1 aliphatic rings. The minimum atomic E-state index is -0.158. The summed E-state index contributed by atoms with van der Waals surface area (Å²) in [6, 6.07) is 11.2. The number of hydrogen-bond donors (Lipinski definition) is 1. The third kappa shape index (κ3) is 5.75. The van der Waals surface area contributed by atoms with Crippen molar-refractivity contribution in [2.45, 2.75) is 33.2 Å². The van der Waals surface area contributed by atoms with Crippen molar-refractivity contribution in [2.24, 2.45) is 5.92 Å². The van der Waals surface area contributed by atoms with Crippen LogP contribution in [0.15, 0.2) is 42.6 Å². The molecule has 166 valence electrons. The molecule has 1 atom stereocenters. The predicted octanol–water partition coefficient (Wildman–Crippen LogP) is 3.11. The first-order valence-corrected chi connectivity index (χ1v) is 10.9. The topological polar surface area (TPSA) is 74.8 Å². The standard InChI is InChI=1S/C24H32N4O3/c1-4-6-18(2)24(30)28-15-13-27(14-16-28)22-21(7-5-12-25-22)23(29)26-17-19-8-10-20(31-3)11-9-19/h5,7-12,18H,4,6,13-17H2,1-3H3,(H,26,29). The second-order valence-electron chi connectivity index (χ2n) is 7.91. The van der Waals surface area contributed by atoms with E-state index in [2.05, 4.69) is 22.1 Å². The van der Waals surface area contributed by atoms with Gasteiger partial charge in [0.25, 0.3) is 5.91 Å². The molecule has 1 unspecified atom stereocenters. The number of piperazine rings is 1. The highest BCUT2D eigenvalue weighted by Gasteiger charge is 2.26. The van der Waals surface area contributed by atoms with Gasteiger partial charge in [-0.2, -0.15) is 0 Å². The lowest BCUT2D eigenvalue weighted by Gasteiger charge is -2.37. The van der Waals surface area contributed by atoms with Crippen LogP contribution in [0.2, 0.25) is 0 Å². The lowest BCUT2D eigenvalue weighted by atomic mass is 10.0. The summed E-state index contributed by atoms with van der Waals surface area (Å²) in [5.74, 6) is 1.58. The summed E-state index contributed by atoms with van der Waals surface area (Å²) in [7, 11) is 1.63. The number of rotatable bonds is 8. The van der Waals surface area contributed by atoms with Gasteiger partial charge < -0.3 is 19.9 Å². The molecule has 0 spiro atoms. The van der Waals surface area contributed by atoms with Gasteiger partial charge in [0, 0.05) is 44.8 Å². The minimum absolute atomic E-state index is 0.0608. The molecule has 1 aromatic heterocycles. The van der Waals surface area contributed by atoms with E-state index >= 15 is 0 Å². The average molecular weight is 425 g/mol. The molecular weight excluding hydrogens is 392 g/mol. The molecule has 2 amide bonds. The van der Waals surface area contributed by atoms with Crippen LogP contribution in [-0.4, -0.2) is 55.0 Å². The maximum Gasteiger partial charge on any atom is 0.255 e. The number of pyridine rings is 1. The Bertz CT molecular complexity index is 877. The fourth-order valence-electron chi connectivity index (χ4n) is 3.85. The van der Waals surface area contributed by atoms with Crippen molar-refractivity contribution < 1.29 is 14.3 Å². The van der Waals surface area contributed by atoms with Gasteiger partial charge in [-0.15, -0.1) is 0 Å². The number of nitrogens with zero attached hydrogens (tertiary/aromatic N) is 3. The van der Waals surface area contributed by atoms with Gasteiger partial charge in [-0.1, -0.05) is 32.4 Å². The van der Waals surface area contributed by atoms with Gasteiger partial charge in [0.1, 0.15) is 11.6 Å². The van der Waals surface area contributed by atoms with Gasteiger partial charge in [-0.3, -0.25) is 9.59 Å². The van der Waals surface area contributed by atoms with Crippen molar-refractivity contribution in [1.29, 1.82) is 0 Å². The van der Waals surface area contributed by atoms with Crippen LogP contribution in [0, 0.1) is 5.92 Å². The molecule has 1 N–H and O–H groups in total. The highest BCUT2D eigenvalue weighted by Crippen LogP contribution is 2.21. The van der Waals surface area contributed by atoms with Gasteiger partial charge in [-0.25, -0.2) is 4.98 Å². The number of carbonyl (C=O) groups is 2. The first kappa shape index (κ1) is 22.6. The Labute approximate surface area is 184 Å². The largest absolute Gasteiger partial charge is 0.497 e. The van der Waals surface area contributed by atoms with E-state index in [-0.39, 0.29) is 17.7 Å². The van der Waals surface area contributed by atoms with E-state index in [0.29, 0.717) is 44.1 Å². The second-order valence-corrected chi connectivity index (χ2v) is 7.91. The number of ether oxygens (including phenoxy) is 1. The van der Waals surface area contributed by atoms with Gasteiger partial charge >= 0.3 is 0 Å². The molecule has 0 aliphatic carbocycles. The summed E-state index contributed by atoms with van der Waals surface area (Å²) in [6.07, 6.45) is 3.63. The molecule has 7 heteroatoms. The first-order chi connectivity index (χ1) is 15.0. The summed E-state index contributed by atoms with van der Waals surface area (Å²) >= 11 is 0. The van der Waals surface area contributed by atoms with Crippen molar-refractivity contribution in [2.75, 3.05) is 38.2 Å². The summed E-state index contributed by atoms with van der Waals surface area (Å²) in [5.41, 5.74) is 1.54. The smallest absolute Gasteiger partial charge is 0.255 e. The highest BCUT2D eigenvalue weighted by atomic mass is 16.5. The van der Waals surface area contributed by atoms with Crippen molar-refractivity contribution in [3.63, 3.8) is 0 Å². The van der Waals surface area contributed by atoms with Crippen LogP contribution in [0.4, 0.5) is 5.82 Å². The minimum Gasteiger partial charge on any atom is -0.497 e. The molecule has 0 bridgehead atoms. The average Bonchev–Trinajstić information content (AvgIpc) is 2.82. The van der Waals surface area contributed by atoms with E-state index in [1.54, 1.807) is 25.4 Å². The number of carbonyl (C=O) groups excluding carboxylic acids is 2. The summed E-state index contributed by atoms with van der Waals surface area (Å²) < 4.78 is 5.17. The molecule has 0 radical (unpaired) electrons. The van der Waals surface area contributed by atoms with Crippen LogP contribution in [0.5, 0.6) is 5.75 Å². The summed E-state index contributed by atoms with van der Waals surface area (Å²) in [6.45, 7) is 7.16. The quantitative estimate of drug-likeness (QED) is 0.705. The predicted molar refractivity (Wildman–Crippen MR) is 121 cm³/mol. The molecule has 31 heavy (non-hydrogen) atoms. The van der Waals surface area contributed by atoms with E-state index in [4.69, 9.17) is 4.74 Å². The van der Waals surface area contributed by atoms with E-state index in [9.17, 15) is 9.59 Å². The van der Waals surface area contributed by atoms with E-state index < -0.39 is 0 Å². The highest BCUT2D eigenvalue weighted by molar-refractivity contribution is 5.98. The number of aromatic nitrogens is 1. The molecule has 2 aromatic rings. The maximum absolute atomic E-state index is 12.9. The zero-order valence-corrected chi connectivity index (χ0v) is 18.6. The Morgan fingerprint density at radius 3 is 2.48 bits per heavy atom. The van der Waals surface area contributed by atoms with Crippen molar-refractivity contribution in [3.05, 3.63) is 53.7 Å². The van der Waals surface area contributed by atoms with E-state index in [1.165, 1.54) is 0 Å². The molecule has 1 aromatic carbocycles. The van der Waals surface area contributed by atoms with Gasteiger partial charge in [-0.05, 0) is 36.2 Å². The fourth-order valence-corrected chi connectivity index (χ4v) is 3.85. The second kappa shape index (κ2) is 10.8. The third-order valence-electron chi connectivity index (χ3n) is 5.68. The molecule has 3 rings (SSSR count). The molecule has 1 saturated heterocycles. The van der Waals surface area contributed by atoms with Crippen LogP contribution in [-0.2, 0) is 11.3 Å². The molecule has 1 aliphatic heterocycles. The lowest BCUT2D eigenvalue weighted by molar-refractivity contribution is -0.135. The van der Waals surface area contributed by atoms with Gasteiger partial charge in [0.15, 0.2) is 0 Å². The Morgan fingerprint density at radius 2 is 1.84 bits per heavy atom. The van der Waals surface area contributed by atoms with E-state index in [0.717, 1.165) is 24.2 Å². The van der Waals surface area contributed by atoms with Crippen LogP contribution < -0.4 is 15.0 Å². The molecule has 2 heterocycles. The fraction of sp³-hybridized carbons (Fsp3) is 0.458. The third-order valence-corrected chi connectivity index (χ3v) is 5.68. The zero-order valence-electron chi connectivity index (χ0n) is 18.6. The number of benzene rings is 1. The van der Waals surface area contributed by atoms with Crippen LogP contribution in [0.3, 0.4) is 0 Å². The number of anilines is 1. The van der Waals surface area contributed by atoms with Crippen molar-refractivity contribution in [3.8, 4) is 5.75 Å². The molecule has 0 saturated carbocycles. The Balaban J connectivity index is 1.61. The van der Waals surface area contributed by atoms with Crippen molar-refractivity contribution >= 4 is 17.6 Å². The van der Waals surface area contributed by atoms with Crippen LogP contribution in [0.1, 0.15) is 42.6 Å². The number of hydrogen-bond acceptors (Lipinski definition) is 5. The molecule has 1 fully saturated rings. The normalized spacial score (nSPS) is 14.8. The Morgan fingerprint density at radius 1 is 1.13 bits per heavy atom. The monoisotopic (exact) mass is 424 g/mol. The lowest BCUT2D eigenvalue weighted by Crippen LogP contribution is -2.50. The van der Waals surface area contributed by atoms with Gasteiger partial charge in [0.2, 0.25) is 5.91 Å². The van der Waals surface area contributed by atoms with Crippen LogP contribution >= 0.6 is 0 Å². The van der Waals surface area contributed by atoms with Gasteiger partial charge in [0.05, 0.1) is 12.7 Å². The molecule has 7 nitrogen and oxygen atoms in total. The Hall–Kier alpha value is -3.09. The Kier molecular flexibility index (Phi) is 7.87. The summed E-state index contributed by atoms with van der Waals surface area (Å²) in [4.78, 5) is 34.0. The number of nitrogens with one attached hydrogen (secondary N) is 1. The van der Waals surface area contributed by atoms with E-state index in [1.807, 2.05) is 36.1 Å². The maximum atomic E-state index is 12.9. The van der Waals surface area contributed by atoms with Crippen molar-refractivity contribution in [1.82, 2.24) is 15.2 Å². The first-order valence-electron chi connectivity index (χ1n) is 10.9.